The molecular formula is C14H10Cl2O3. The summed E-state index contributed by atoms with van der Waals surface area (Å²) in [5, 5.41) is 9.22. The summed E-state index contributed by atoms with van der Waals surface area (Å²) >= 11 is 11.8. The van der Waals surface area contributed by atoms with E-state index in [0.717, 1.165) is 5.56 Å². The molecule has 0 aliphatic rings. The van der Waals surface area contributed by atoms with Crippen molar-refractivity contribution in [2.75, 3.05) is 0 Å². The van der Waals surface area contributed by atoms with Gasteiger partial charge in [-0.15, -0.1) is 0 Å². The monoisotopic (exact) mass is 296 g/mol. The van der Waals surface area contributed by atoms with E-state index in [-0.39, 0.29) is 15.6 Å². The summed E-state index contributed by atoms with van der Waals surface area (Å²) in [7, 11) is 0. The molecule has 0 aliphatic heterocycles. The normalized spacial score (nSPS) is 10.2. The number of hydrogen-bond donors (Lipinski definition) is 1. The van der Waals surface area contributed by atoms with Crippen molar-refractivity contribution in [1.29, 1.82) is 0 Å². The van der Waals surface area contributed by atoms with E-state index >= 15 is 0 Å². The second kappa shape index (κ2) is 5.95. The number of ether oxygens (including phenoxy) is 1. The molecule has 0 radical (unpaired) electrons. The number of hydrogen-bond acceptors (Lipinski definition) is 2. The second-order valence-electron chi connectivity index (χ2n) is 3.84. The fourth-order valence-corrected chi connectivity index (χ4v) is 1.99. The average Bonchev–Trinajstić information content (AvgIpc) is 2.40. The lowest BCUT2D eigenvalue weighted by Crippen LogP contribution is -2.00. The molecule has 2 rings (SSSR count). The van der Waals surface area contributed by atoms with Crippen LogP contribution in [0, 0.1) is 0 Å². The molecule has 2 aromatic carbocycles. The Morgan fingerprint density at radius 1 is 1.11 bits per heavy atom. The predicted octanol–water partition coefficient (Wildman–Crippen LogP) is 4.27. The topological polar surface area (TPSA) is 46.5 Å². The summed E-state index contributed by atoms with van der Waals surface area (Å²) < 4.78 is 5.53. The summed E-state index contributed by atoms with van der Waals surface area (Å²) in [6.45, 7) is 0.337. The molecule has 0 aromatic heterocycles. The Labute approximate surface area is 120 Å². The lowest BCUT2D eigenvalue weighted by Gasteiger charge is -2.10. The van der Waals surface area contributed by atoms with E-state index in [4.69, 9.17) is 33.0 Å². The highest BCUT2D eigenvalue weighted by molar-refractivity contribution is 6.36. The van der Waals surface area contributed by atoms with Crippen molar-refractivity contribution in [3.05, 3.63) is 63.6 Å². The number of halogens is 2. The third-order valence-corrected chi connectivity index (χ3v) is 3.10. The van der Waals surface area contributed by atoms with Gasteiger partial charge in [-0.1, -0.05) is 53.5 Å². The van der Waals surface area contributed by atoms with Gasteiger partial charge in [0.2, 0.25) is 0 Å². The van der Waals surface area contributed by atoms with Crippen molar-refractivity contribution in [2.45, 2.75) is 6.61 Å². The average molecular weight is 297 g/mol. The zero-order chi connectivity index (χ0) is 13.8. The third kappa shape index (κ3) is 3.40. The highest BCUT2D eigenvalue weighted by Crippen LogP contribution is 2.31. The Bertz CT molecular complexity index is 597. The molecule has 0 saturated heterocycles. The zero-order valence-corrected chi connectivity index (χ0v) is 11.3. The van der Waals surface area contributed by atoms with Gasteiger partial charge in [0.1, 0.15) is 12.4 Å². The maximum absolute atomic E-state index is 10.9. The molecule has 0 saturated carbocycles. The molecule has 0 fully saturated rings. The molecule has 0 amide bonds. The summed E-state index contributed by atoms with van der Waals surface area (Å²) in [6.07, 6.45) is 0. The quantitative estimate of drug-likeness (QED) is 0.916. The van der Waals surface area contributed by atoms with Gasteiger partial charge in [-0.2, -0.15) is 0 Å². The zero-order valence-electron chi connectivity index (χ0n) is 9.77. The molecule has 98 valence electrons. The first-order valence-corrected chi connectivity index (χ1v) is 6.22. The Morgan fingerprint density at radius 3 is 2.42 bits per heavy atom. The molecule has 0 unspecified atom stereocenters. The number of carboxylic acids is 1. The third-order valence-electron chi connectivity index (χ3n) is 2.49. The predicted molar refractivity (Wildman–Crippen MR) is 74.2 cm³/mol. The molecule has 1 N–H and O–H groups in total. The van der Waals surface area contributed by atoms with Gasteiger partial charge in [0, 0.05) is 6.07 Å². The van der Waals surface area contributed by atoms with E-state index in [1.165, 1.54) is 12.1 Å². The van der Waals surface area contributed by atoms with Gasteiger partial charge >= 0.3 is 5.97 Å². The standard InChI is InChI=1S/C14H10Cl2O3/c15-11-7-13(12(16)6-10(11)14(17)18)19-8-9-4-2-1-3-5-9/h1-7H,8H2,(H,17,18). The van der Waals surface area contributed by atoms with Crippen molar-refractivity contribution >= 4 is 29.2 Å². The van der Waals surface area contributed by atoms with Crippen LogP contribution in [-0.2, 0) is 6.61 Å². The Balaban J connectivity index is 2.17. The van der Waals surface area contributed by atoms with Crippen molar-refractivity contribution in [1.82, 2.24) is 0 Å². The van der Waals surface area contributed by atoms with E-state index in [1.807, 2.05) is 30.3 Å². The fraction of sp³-hybridized carbons (Fsp3) is 0.0714. The van der Waals surface area contributed by atoms with Gasteiger partial charge in [0.05, 0.1) is 15.6 Å². The smallest absolute Gasteiger partial charge is 0.337 e. The summed E-state index contributed by atoms with van der Waals surface area (Å²) in [5.74, 6) is -0.762. The van der Waals surface area contributed by atoms with Crippen LogP contribution in [0.2, 0.25) is 10.0 Å². The van der Waals surface area contributed by atoms with Crippen LogP contribution in [0.1, 0.15) is 15.9 Å². The summed E-state index contributed by atoms with van der Waals surface area (Å²) in [4.78, 5) is 10.9. The van der Waals surface area contributed by atoms with E-state index in [2.05, 4.69) is 0 Å². The minimum Gasteiger partial charge on any atom is -0.487 e. The van der Waals surface area contributed by atoms with Crippen LogP contribution >= 0.6 is 23.2 Å². The molecule has 0 aliphatic carbocycles. The Hall–Kier alpha value is -1.71. The number of carbonyl (C=O) groups is 1. The van der Waals surface area contributed by atoms with E-state index in [9.17, 15) is 4.79 Å². The van der Waals surface area contributed by atoms with Crippen LogP contribution in [0.5, 0.6) is 5.75 Å². The SMILES string of the molecule is O=C(O)c1cc(Cl)c(OCc2ccccc2)cc1Cl. The van der Waals surface area contributed by atoms with Crippen LogP contribution in [-0.4, -0.2) is 11.1 Å². The van der Waals surface area contributed by atoms with Gasteiger partial charge in [0.15, 0.2) is 0 Å². The van der Waals surface area contributed by atoms with Crippen LogP contribution in [0.4, 0.5) is 0 Å². The Kier molecular flexibility index (Phi) is 4.30. The van der Waals surface area contributed by atoms with E-state index in [1.54, 1.807) is 0 Å². The largest absolute Gasteiger partial charge is 0.487 e. The van der Waals surface area contributed by atoms with Crippen molar-refractivity contribution in [3.8, 4) is 5.75 Å². The Morgan fingerprint density at radius 2 is 1.79 bits per heavy atom. The van der Waals surface area contributed by atoms with Gasteiger partial charge in [0.25, 0.3) is 0 Å². The van der Waals surface area contributed by atoms with Gasteiger partial charge < -0.3 is 9.84 Å². The fourth-order valence-electron chi connectivity index (χ4n) is 1.54. The van der Waals surface area contributed by atoms with Crippen LogP contribution in [0.25, 0.3) is 0 Å². The van der Waals surface area contributed by atoms with Crippen molar-refractivity contribution in [3.63, 3.8) is 0 Å². The molecule has 0 heterocycles. The molecule has 0 bridgehead atoms. The molecule has 0 atom stereocenters. The van der Waals surface area contributed by atoms with Gasteiger partial charge in [-0.3, -0.25) is 0 Å². The second-order valence-corrected chi connectivity index (χ2v) is 4.66. The van der Waals surface area contributed by atoms with Crippen LogP contribution in [0.15, 0.2) is 42.5 Å². The first kappa shape index (κ1) is 13.7. The van der Waals surface area contributed by atoms with Gasteiger partial charge in [-0.25, -0.2) is 4.79 Å². The molecular weight excluding hydrogens is 287 g/mol. The maximum atomic E-state index is 10.9. The van der Waals surface area contributed by atoms with Gasteiger partial charge in [-0.05, 0) is 11.6 Å². The number of rotatable bonds is 4. The summed E-state index contributed by atoms with van der Waals surface area (Å²) in [6, 6.07) is 12.3. The molecule has 19 heavy (non-hydrogen) atoms. The highest BCUT2D eigenvalue weighted by Gasteiger charge is 2.13. The molecule has 0 spiro atoms. The highest BCUT2D eigenvalue weighted by atomic mass is 35.5. The summed E-state index contributed by atoms with van der Waals surface area (Å²) in [5.41, 5.74) is 0.940. The molecule has 3 nitrogen and oxygen atoms in total. The number of aromatic carboxylic acids is 1. The van der Waals surface area contributed by atoms with E-state index in [0.29, 0.717) is 12.4 Å². The lowest BCUT2D eigenvalue weighted by molar-refractivity contribution is 0.0697. The van der Waals surface area contributed by atoms with Crippen molar-refractivity contribution < 1.29 is 14.6 Å². The van der Waals surface area contributed by atoms with Crippen molar-refractivity contribution in [2.24, 2.45) is 0 Å². The molecule has 2 aromatic rings. The maximum Gasteiger partial charge on any atom is 0.337 e. The molecule has 5 heteroatoms. The first-order chi connectivity index (χ1) is 9.08. The first-order valence-electron chi connectivity index (χ1n) is 5.47. The van der Waals surface area contributed by atoms with Crippen LogP contribution in [0.3, 0.4) is 0 Å². The lowest BCUT2D eigenvalue weighted by atomic mass is 10.2. The number of benzene rings is 2. The number of carboxylic acid groups (broad SMARTS) is 1. The van der Waals surface area contributed by atoms with E-state index < -0.39 is 5.97 Å². The minimum atomic E-state index is -1.12. The minimum absolute atomic E-state index is 0.0428. The van der Waals surface area contributed by atoms with Crippen LogP contribution < -0.4 is 4.74 Å².